The van der Waals surface area contributed by atoms with Gasteiger partial charge in [-0.3, -0.25) is 9.59 Å². The first-order chi connectivity index (χ1) is 10.0. The number of para-hydroxylation sites is 1. The summed E-state index contributed by atoms with van der Waals surface area (Å²) in [5.41, 5.74) is 5.47. The molecule has 1 aromatic rings. The maximum Gasteiger partial charge on any atom is 0.257 e. The zero-order valence-electron chi connectivity index (χ0n) is 12.2. The summed E-state index contributed by atoms with van der Waals surface area (Å²) >= 11 is 0. The maximum absolute atomic E-state index is 11.6. The molecule has 1 rings (SSSR count). The summed E-state index contributed by atoms with van der Waals surface area (Å²) in [5, 5.41) is 11.6. The summed E-state index contributed by atoms with van der Waals surface area (Å²) in [6, 6.07) is 6.52. The number of amides is 2. The SMILES string of the molecule is CC(CO)CCCNC(=O)COc1ccccc1C(N)=O. The second-order valence-electron chi connectivity index (χ2n) is 4.93. The first-order valence-electron chi connectivity index (χ1n) is 6.93. The number of primary amides is 1. The van der Waals surface area contributed by atoms with E-state index >= 15 is 0 Å². The Kier molecular flexibility index (Phi) is 7.25. The number of aliphatic hydroxyl groups is 1. The molecule has 1 unspecified atom stereocenters. The van der Waals surface area contributed by atoms with Gasteiger partial charge in [0.25, 0.3) is 11.8 Å². The third-order valence-corrected chi connectivity index (χ3v) is 3.02. The lowest BCUT2D eigenvalue weighted by atomic mass is 10.1. The Labute approximate surface area is 124 Å². The molecular formula is C15H22N2O4. The number of hydrogen-bond acceptors (Lipinski definition) is 4. The molecule has 1 atom stereocenters. The van der Waals surface area contributed by atoms with Gasteiger partial charge in [-0.15, -0.1) is 0 Å². The molecule has 0 aliphatic heterocycles. The Morgan fingerprint density at radius 3 is 2.76 bits per heavy atom. The minimum Gasteiger partial charge on any atom is -0.483 e. The van der Waals surface area contributed by atoms with Gasteiger partial charge < -0.3 is 20.9 Å². The highest BCUT2D eigenvalue weighted by Gasteiger charge is 2.10. The van der Waals surface area contributed by atoms with Crippen molar-refractivity contribution in [3.05, 3.63) is 29.8 Å². The van der Waals surface area contributed by atoms with Crippen LogP contribution in [0.4, 0.5) is 0 Å². The second kappa shape index (κ2) is 8.97. The molecule has 0 heterocycles. The molecule has 1 aromatic carbocycles. The van der Waals surface area contributed by atoms with Gasteiger partial charge in [0, 0.05) is 13.2 Å². The molecule has 116 valence electrons. The smallest absolute Gasteiger partial charge is 0.257 e. The van der Waals surface area contributed by atoms with E-state index in [9.17, 15) is 9.59 Å². The summed E-state index contributed by atoms with van der Waals surface area (Å²) in [6.45, 7) is 2.47. The minimum atomic E-state index is -0.594. The zero-order chi connectivity index (χ0) is 15.7. The van der Waals surface area contributed by atoms with Gasteiger partial charge in [0.1, 0.15) is 5.75 Å². The Bertz CT molecular complexity index is 476. The van der Waals surface area contributed by atoms with E-state index < -0.39 is 5.91 Å². The number of hydrogen-bond donors (Lipinski definition) is 3. The Balaban J connectivity index is 2.32. The minimum absolute atomic E-state index is 0.154. The summed E-state index contributed by atoms with van der Waals surface area (Å²) in [6.07, 6.45) is 1.65. The van der Waals surface area contributed by atoms with Gasteiger partial charge in [-0.05, 0) is 30.9 Å². The molecule has 0 aliphatic rings. The van der Waals surface area contributed by atoms with Crippen LogP contribution < -0.4 is 15.8 Å². The number of nitrogens with two attached hydrogens (primary N) is 1. The average Bonchev–Trinajstić information content (AvgIpc) is 2.49. The van der Waals surface area contributed by atoms with E-state index in [0.717, 1.165) is 12.8 Å². The maximum atomic E-state index is 11.6. The van der Waals surface area contributed by atoms with Gasteiger partial charge in [-0.1, -0.05) is 19.1 Å². The van der Waals surface area contributed by atoms with Crippen molar-refractivity contribution in [2.75, 3.05) is 19.8 Å². The molecule has 0 saturated carbocycles. The van der Waals surface area contributed by atoms with Crippen LogP contribution in [-0.2, 0) is 4.79 Å². The Morgan fingerprint density at radius 1 is 1.38 bits per heavy atom. The van der Waals surface area contributed by atoms with Gasteiger partial charge >= 0.3 is 0 Å². The molecule has 0 fully saturated rings. The highest BCUT2D eigenvalue weighted by Crippen LogP contribution is 2.16. The van der Waals surface area contributed by atoms with Crippen molar-refractivity contribution in [2.24, 2.45) is 11.7 Å². The van der Waals surface area contributed by atoms with Crippen LogP contribution >= 0.6 is 0 Å². The largest absolute Gasteiger partial charge is 0.483 e. The number of rotatable bonds is 9. The van der Waals surface area contributed by atoms with Crippen LogP contribution in [-0.4, -0.2) is 36.7 Å². The van der Waals surface area contributed by atoms with Gasteiger partial charge in [0.05, 0.1) is 5.56 Å². The van der Waals surface area contributed by atoms with Crippen molar-refractivity contribution in [1.82, 2.24) is 5.32 Å². The van der Waals surface area contributed by atoms with Crippen molar-refractivity contribution >= 4 is 11.8 Å². The van der Waals surface area contributed by atoms with E-state index in [2.05, 4.69) is 5.32 Å². The van der Waals surface area contributed by atoms with E-state index in [1.54, 1.807) is 24.3 Å². The Hall–Kier alpha value is -2.08. The van der Waals surface area contributed by atoms with Crippen molar-refractivity contribution in [3.8, 4) is 5.75 Å². The third-order valence-electron chi connectivity index (χ3n) is 3.02. The van der Waals surface area contributed by atoms with Crippen molar-refractivity contribution < 1.29 is 19.4 Å². The van der Waals surface area contributed by atoms with E-state index in [1.165, 1.54) is 0 Å². The molecule has 0 saturated heterocycles. The molecule has 0 aromatic heterocycles. The van der Waals surface area contributed by atoms with E-state index in [1.807, 2.05) is 6.92 Å². The fourth-order valence-electron chi connectivity index (χ4n) is 1.76. The zero-order valence-corrected chi connectivity index (χ0v) is 12.2. The topological polar surface area (TPSA) is 102 Å². The number of carbonyl (C=O) groups is 2. The van der Waals surface area contributed by atoms with Gasteiger partial charge in [-0.2, -0.15) is 0 Å². The molecule has 6 nitrogen and oxygen atoms in total. The van der Waals surface area contributed by atoms with Crippen LogP contribution in [0.1, 0.15) is 30.1 Å². The quantitative estimate of drug-likeness (QED) is 0.583. The van der Waals surface area contributed by atoms with Crippen molar-refractivity contribution in [3.63, 3.8) is 0 Å². The fraction of sp³-hybridized carbons (Fsp3) is 0.467. The summed E-state index contributed by atoms with van der Waals surface area (Å²) in [4.78, 5) is 22.8. The second-order valence-corrected chi connectivity index (χ2v) is 4.93. The number of aliphatic hydroxyl groups excluding tert-OH is 1. The number of carbonyl (C=O) groups excluding carboxylic acids is 2. The molecule has 2 amide bonds. The third kappa shape index (κ3) is 6.27. The predicted octanol–water partition coefficient (Wildman–Crippen LogP) is 0.689. The molecule has 0 radical (unpaired) electrons. The predicted molar refractivity (Wildman–Crippen MR) is 78.9 cm³/mol. The summed E-state index contributed by atoms with van der Waals surface area (Å²) in [5.74, 6) is -0.315. The fourth-order valence-corrected chi connectivity index (χ4v) is 1.76. The van der Waals surface area contributed by atoms with Gasteiger partial charge in [0.2, 0.25) is 0 Å². The molecule has 0 aliphatic carbocycles. The first kappa shape index (κ1) is 17.0. The molecule has 0 bridgehead atoms. The van der Waals surface area contributed by atoms with Crippen LogP contribution in [0.2, 0.25) is 0 Å². The molecular weight excluding hydrogens is 272 g/mol. The highest BCUT2D eigenvalue weighted by atomic mass is 16.5. The van der Waals surface area contributed by atoms with E-state index in [4.69, 9.17) is 15.6 Å². The van der Waals surface area contributed by atoms with Crippen LogP contribution in [0.15, 0.2) is 24.3 Å². The van der Waals surface area contributed by atoms with Crippen LogP contribution in [0.25, 0.3) is 0 Å². The standard InChI is InChI=1S/C15H22N2O4/c1-11(9-18)5-4-8-17-14(19)10-21-13-7-3-2-6-12(13)15(16)20/h2-3,6-7,11,18H,4-5,8-10H2,1H3,(H2,16,20)(H,17,19). The molecule has 0 spiro atoms. The Morgan fingerprint density at radius 2 is 2.10 bits per heavy atom. The van der Waals surface area contributed by atoms with Crippen LogP contribution in [0.3, 0.4) is 0 Å². The molecule has 4 N–H and O–H groups in total. The lowest BCUT2D eigenvalue weighted by molar-refractivity contribution is -0.123. The summed E-state index contributed by atoms with van der Waals surface area (Å²) < 4.78 is 5.31. The monoisotopic (exact) mass is 294 g/mol. The average molecular weight is 294 g/mol. The number of nitrogens with one attached hydrogen (secondary N) is 1. The van der Waals surface area contributed by atoms with Gasteiger partial charge in [-0.25, -0.2) is 0 Å². The molecule has 21 heavy (non-hydrogen) atoms. The van der Waals surface area contributed by atoms with E-state index in [-0.39, 0.29) is 30.6 Å². The van der Waals surface area contributed by atoms with Crippen molar-refractivity contribution in [2.45, 2.75) is 19.8 Å². The normalized spacial score (nSPS) is 11.7. The number of benzene rings is 1. The van der Waals surface area contributed by atoms with E-state index in [0.29, 0.717) is 12.3 Å². The summed E-state index contributed by atoms with van der Waals surface area (Å²) in [7, 11) is 0. The molecule has 6 heteroatoms. The lowest BCUT2D eigenvalue weighted by Crippen LogP contribution is -2.30. The van der Waals surface area contributed by atoms with Crippen LogP contribution in [0.5, 0.6) is 5.75 Å². The number of ether oxygens (including phenoxy) is 1. The lowest BCUT2D eigenvalue weighted by Gasteiger charge is -2.10. The van der Waals surface area contributed by atoms with Crippen LogP contribution in [0, 0.1) is 5.92 Å². The highest BCUT2D eigenvalue weighted by molar-refractivity contribution is 5.95. The van der Waals surface area contributed by atoms with Crippen molar-refractivity contribution in [1.29, 1.82) is 0 Å². The first-order valence-corrected chi connectivity index (χ1v) is 6.93. The van der Waals surface area contributed by atoms with Gasteiger partial charge in [0.15, 0.2) is 6.61 Å².